The maximum Gasteiger partial charge on any atom is 0.234 e. The Bertz CT molecular complexity index is 420. The van der Waals surface area contributed by atoms with E-state index >= 15 is 0 Å². The number of carbonyl (C=O) groups is 1. The van der Waals surface area contributed by atoms with E-state index in [9.17, 15) is 4.79 Å². The fourth-order valence-electron chi connectivity index (χ4n) is 1.88. The number of hydrogen-bond donors (Lipinski definition) is 2. The van der Waals surface area contributed by atoms with E-state index < -0.39 is 0 Å². The van der Waals surface area contributed by atoms with E-state index in [0.29, 0.717) is 19.1 Å². The Morgan fingerprint density at radius 3 is 2.71 bits per heavy atom. The molecule has 1 amide bonds. The summed E-state index contributed by atoms with van der Waals surface area (Å²) in [7, 11) is 1.94. The summed E-state index contributed by atoms with van der Waals surface area (Å²) in [6.45, 7) is 5.11. The van der Waals surface area contributed by atoms with Crippen molar-refractivity contribution in [2.45, 2.75) is 39.3 Å². The average Bonchev–Trinajstić information content (AvgIpc) is 3.02. The van der Waals surface area contributed by atoms with E-state index in [4.69, 9.17) is 0 Å². The molecule has 0 saturated heterocycles. The highest BCUT2D eigenvalue weighted by molar-refractivity contribution is 5.78. The third kappa shape index (κ3) is 3.06. The third-order valence-corrected chi connectivity index (χ3v) is 3.19. The minimum Gasteiger partial charge on any atom is -0.352 e. The molecular weight excluding hydrogens is 216 g/mol. The molecule has 1 aromatic rings. The molecule has 1 aliphatic rings. The zero-order valence-corrected chi connectivity index (χ0v) is 10.7. The van der Waals surface area contributed by atoms with Gasteiger partial charge in [-0.1, -0.05) is 0 Å². The molecule has 0 bridgehead atoms. The van der Waals surface area contributed by atoms with Crippen molar-refractivity contribution in [3.63, 3.8) is 0 Å². The fraction of sp³-hybridized carbons (Fsp3) is 0.667. The van der Waals surface area contributed by atoms with Crippen molar-refractivity contribution in [1.82, 2.24) is 20.4 Å². The molecule has 94 valence electrons. The van der Waals surface area contributed by atoms with Gasteiger partial charge in [-0.25, -0.2) is 0 Å². The maximum atomic E-state index is 11.5. The summed E-state index contributed by atoms with van der Waals surface area (Å²) in [4.78, 5) is 11.5. The van der Waals surface area contributed by atoms with Crippen molar-refractivity contribution in [2.75, 3.05) is 6.54 Å². The van der Waals surface area contributed by atoms with Gasteiger partial charge in [0.1, 0.15) is 0 Å². The van der Waals surface area contributed by atoms with Crippen LogP contribution in [-0.4, -0.2) is 28.3 Å². The Hall–Kier alpha value is -1.36. The molecular formula is C12H20N4O. The van der Waals surface area contributed by atoms with Crippen LogP contribution in [0, 0.1) is 13.8 Å². The van der Waals surface area contributed by atoms with Gasteiger partial charge in [-0.3, -0.25) is 9.48 Å². The zero-order valence-electron chi connectivity index (χ0n) is 10.7. The lowest BCUT2D eigenvalue weighted by Crippen LogP contribution is -2.34. The van der Waals surface area contributed by atoms with Crippen LogP contribution >= 0.6 is 0 Å². The van der Waals surface area contributed by atoms with E-state index in [-0.39, 0.29) is 5.91 Å². The van der Waals surface area contributed by atoms with Crippen LogP contribution in [0.3, 0.4) is 0 Å². The van der Waals surface area contributed by atoms with E-state index in [1.54, 1.807) is 0 Å². The second-order valence-electron chi connectivity index (χ2n) is 4.72. The summed E-state index contributed by atoms with van der Waals surface area (Å²) in [5, 5.41) is 10.5. The topological polar surface area (TPSA) is 59.0 Å². The molecule has 0 atom stereocenters. The number of nitrogens with one attached hydrogen (secondary N) is 2. The summed E-state index contributed by atoms with van der Waals surface area (Å²) < 4.78 is 1.87. The van der Waals surface area contributed by atoms with Crippen LogP contribution in [0.4, 0.5) is 0 Å². The molecule has 2 rings (SSSR count). The minimum absolute atomic E-state index is 0.0895. The number of hydrogen-bond acceptors (Lipinski definition) is 3. The van der Waals surface area contributed by atoms with E-state index in [1.165, 1.54) is 5.56 Å². The predicted molar refractivity (Wildman–Crippen MR) is 65.6 cm³/mol. The smallest absolute Gasteiger partial charge is 0.234 e. The minimum atomic E-state index is 0.0895. The first-order chi connectivity index (χ1) is 8.08. The summed E-state index contributed by atoms with van der Waals surface area (Å²) in [6, 6.07) is 0.436. The second-order valence-corrected chi connectivity index (χ2v) is 4.72. The highest BCUT2D eigenvalue weighted by Crippen LogP contribution is 2.18. The summed E-state index contributed by atoms with van der Waals surface area (Å²) in [5.41, 5.74) is 3.37. The molecule has 1 aromatic heterocycles. The molecule has 0 unspecified atom stereocenters. The fourth-order valence-corrected chi connectivity index (χ4v) is 1.88. The van der Waals surface area contributed by atoms with Crippen LogP contribution in [0.2, 0.25) is 0 Å². The molecule has 5 nitrogen and oxygen atoms in total. The average molecular weight is 236 g/mol. The SMILES string of the molecule is Cc1nn(C)c(C)c1CNCC(=O)NC1CC1. The van der Waals surface area contributed by atoms with Crippen LogP contribution < -0.4 is 10.6 Å². The van der Waals surface area contributed by atoms with Gasteiger partial charge in [0.15, 0.2) is 0 Å². The number of nitrogens with zero attached hydrogens (tertiary/aromatic N) is 2. The van der Waals surface area contributed by atoms with Crippen molar-refractivity contribution in [1.29, 1.82) is 0 Å². The number of amides is 1. The van der Waals surface area contributed by atoms with Crippen molar-refractivity contribution < 1.29 is 4.79 Å². The lowest BCUT2D eigenvalue weighted by molar-refractivity contribution is -0.120. The van der Waals surface area contributed by atoms with E-state index in [0.717, 1.165) is 24.2 Å². The Labute approximate surface area is 102 Å². The Morgan fingerprint density at radius 1 is 1.47 bits per heavy atom. The van der Waals surface area contributed by atoms with Gasteiger partial charge in [-0.2, -0.15) is 5.10 Å². The van der Waals surface area contributed by atoms with Crippen molar-refractivity contribution in [2.24, 2.45) is 7.05 Å². The monoisotopic (exact) mass is 236 g/mol. The summed E-state index contributed by atoms with van der Waals surface area (Å²) in [5.74, 6) is 0.0895. The first-order valence-corrected chi connectivity index (χ1v) is 6.07. The summed E-state index contributed by atoms with van der Waals surface area (Å²) >= 11 is 0. The highest BCUT2D eigenvalue weighted by Gasteiger charge is 2.22. The Morgan fingerprint density at radius 2 is 2.18 bits per heavy atom. The molecule has 0 aromatic carbocycles. The standard InChI is InChI=1S/C12H20N4O/c1-8-11(9(2)16(3)15-8)6-13-7-12(17)14-10-4-5-10/h10,13H,4-7H2,1-3H3,(H,14,17). The van der Waals surface area contributed by atoms with E-state index in [1.807, 2.05) is 25.6 Å². The van der Waals surface area contributed by atoms with Gasteiger partial charge < -0.3 is 10.6 Å². The van der Waals surface area contributed by atoms with Gasteiger partial charge >= 0.3 is 0 Å². The predicted octanol–water partition coefficient (Wildman–Crippen LogP) is 0.405. The van der Waals surface area contributed by atoms with Gasteiger partial charge in [-0.15, -0.1) is 0 Å². The molecule has 0 spiro atoms. The number of rotatable bonds is 5. The largest absolute Gasteiger partial charge is 0.352 e. The van der Waals surface area contributed by atoms with Crippen molar-refractivity contribution in [3.05, 3.63) is 17.0 Å². The zero-order chi connectivity index (χ0) is 12.4. The molecule has 5 heteroatoms. The van der Waals surface area contributed by atoms with Crippen LogP contribution in [0.15, 0.2) is 0 Å². The van der Waals surface area contributed by atoms with Gasteiger partial charge in [0.05, 0.1) is 12.2 Å². The van der Waals surface area contributed by atoms with Gasteiger partial charge in [0, 0.05) is 30.9 Å². The van der Waals surface area contributed by atoms with Gasteiger partial charge in [-0.05, 0) is 26.7 Å². The van der Waals surface area contributed by atoms with Crippen LogP contribution in [0.25, 0.3) is 0 Å². The Kier molecular flexibility index (Phi) is 3.47. The molecule has 1 heterocycles. The first-order valence-electron chi connectivity index (χ1n) is 6.07. The lowest BCUT2D eigenvalue weighted by Gasteiger charge is -2.06. The lowest BCUT2D eigenvalue weighted by atomic mass is 10.2. The normalized spacial score (nSPS) is 15.0. The highest BCUT2D eigenvalue weighted by atomic mass is 16.2. The van der Waals surface area contributed by atoms with Crippen LogP contribution in [0.5, 0.6) is 0 Å². The molecule has 2 N–H and O–H groups in total. The third-order valence-electron chi connectivity index (χ3n) is 3.19. The van der Waals surface area contributed by atoms with E-state index in [2.05, 4.69) is 15.7 Å². The Balaban J connectivity index is 1.78. The van der Waals surface area contributed by atoms with Crippen LogP contribution in [-0.2, 0) is 18.4 Å². The maximum absolute atomic E-state index is 11.5. The molecule has 1 saturated carbocycles. The van der Waals surface area contributed by atoms with Crippen LogP contribution in [0.1, 0.15) is 29.8 Å². The van der Waals surface area contributed by atoms with Gasteiger partial charge in [0.2, 0.25) is 5.91 Å². The molecule has 0 aliphatic heterocycles. The van der Waals surface area contributed by atoms with Crippen molar-refractivity contribution in [3.8, 4) is 0 Å². The summed E-state index contributed by atoms with van der Waals surface area (Å²) in [6.07, 6.45) is 2.26. The second kappa shape index (κ2) is 4.87. The van der Waals surface area contributed by atoms with Gasteiger partial charge in [0.25, 0.3) is 0 Å². The molecule has 1 aliphatic carbocycles. The molecule has 1 fully saturated rings. The number of aromatic nitrogens is 2. The number of carbonyl (C=O) groups excluding carboxylic acids is 1. The molecule has 17 heavy (non-hydrogen) atoms. The quantitative estimate of drug-likeness (QED) is 0.778. The number of aryl methyl sites for hydroxylation is 2. The first kappa shape index (κ1) is 12.1. The molecule has 0 radical (unpaired) electrons. The van der Waals surface area contributed by atoms with Crippen molar-refractivity contribution >= 4 is 5.91 Å².